The smallest absolute Gasteiger partial charge is 0.302 e. The summed E-state index contributed by atoms with van der Waals surface area (Å²) in [6.45, 7) is 5.61. The second kappa shape index (κ2) is 5.76. The summed E-state index contributed by atoms with van der Waals surface area (Å²) >= 11 is 0. The number of carbonyl (C=O) groups excluding carboxylic acids is 2. The molecule has 146 valence electrons. The fraction of sp³-hybridized carbons (Fsp3) is 0.905. The number of alkyl halides is 1. The van der Waals surface area contributed by atoms with Crippen LogP contribution in [0.25, 0.3) is 0 Å². The van der Waals surface area contributed by atoms with Gasteiger partial charge in [0.2, 0.25) is 0 Å². The Morgan fingerprint density at radius 2 is 1.88 bits per heavy atom. The number of rotatable bonds is 1. The molecule has 4 aliphatic carbocycles. The van der Waals surface area contributed by atoms with E-state index in [1.165, 1.54) is 6.92 Å². The minimum atomic E-state index is -1.88. The predicted octanol–water partition coefficient (Wildman–Crippen LogP) is 3.59. The van der Waals surface area contributed by atoms with Crippen LogP contribution in [0.3, 0.4) is 0 Å². The molecule has 4 saturated carbocycles. The Hall–Kier alpha value is -0.970. The third-order valence-electron chi connectivity index (χ3n) is 8.76. The summed E-state index contributed by atoms with van der Waals surface area (Å²) < 4.78 is 21.6. The molecule has 5 heteroatoms. The van der Waals surface area contributed by atoms with Crippen LogP contribution in [0.2, 0.25) is 0 Å². The van der Waals surface area contributed by atoms with E-state index in [9.17, 15) is 14.7 Å². The van der Waals surface area contributed by atoms with Gasteiger partial charge in [0.05, 0.1) is 6.10 Å². The summed E-state index contributed by atoms with van der Waals surface area (Å²) in [7, 11) is 0. The van der Waals surface area contributed by atoms with E-state index in [0.717, 1.165) is 25.7 Å². The molecule has 0 amide bonds. The molecule has 4 aliphatic rings. The summed E-state index contributed by atoms with van der Waals surface area (Å²) in [6.07, 6.45) is 4.18. The monoisotopic (exact) mass is 366 g/mol. The lowest BCUT2D eigenvalue weighted by molar-refractivity contribution is -0.194. The molecule has 8 atom stereocenters. The molecule has 0 heterocycles. The SMILES string of the molecule is CC(=O)O[C@H]1CCC2C3CC(=O)[C@@]4(F)C[C@H](O)CC[C@]4(C)C3CC[C@@]21C. The van der Waals surface area contributed by atoms with Gasteiger partial charge >= 0.3 is 5.97 Å². The number of fused-ring (bicyclic) bond motifs is 5. The van der Waals surface area contributed by atoms with E-state index in [4.69, 9.17) is 4.74 Å². The summed E-state index contributed by atoms with van der Waals surface area (Å²) in [5.74, 6) is 0.107. The predicted molar refractivity (Wildman–Crippen MR) is 94.0 cm³/mol. The molecule has 26 heavy (non-hydrogen) atoms. The van der Waals surface area contributed by atoms with Crippen LogP contribution in [-0.2, 0) is 14.3 Å². The quantitative estimate of drug-likeness (QED) is 0.720. The molecular formula is C21H31FO4. The van der Waals surface area contributed by atoms with E-state index in [-0.39, 0.29) is 47.9 Å². The molecule has 0 aromatic heterocycles. The molecule has 3 unspecified atom stereocenters. The summed E-state index contributed by atoms with van der Waals surface area (Å²) in [5, 5.41) is 10.0. The van der Waals surface area contributed by atoms with Gasteiger partial charge in [0.25, 0.3) is 0 Å². The van der Waals surface area contributed by atoms with Gasteiger partial charge in [-0.15, -0.1) is 0 Å². The first kappa shape index (κ1) is 18.4. The Morgan fingerprint density at radius 1 is 1.15 bits per heavy atom. The lowest BCUT2D eigenvalue weighted by Crippen LogP contribution is -2.65. The van der Waals surface area contributed by atoms with Crippen LogP contribution in [0.4, 0.5) is 4.39 Å². The number of aliphatic hydroxyl groups is 1. The molecular weight excluding hydrogens is 335 g/mol. The Balaban J connectivity index is 1.66. The van der Waals surface area contributed by atoms with Gasteiger partial charge in [0.15, 0.2) is 11.5 Å². The number of esters is 1. The van der Waals surface area contributed by atoms with Crippen LogP contribution in [0.5, 0.6) is 0 Å². The lowest BCUT2D eigenvalue weighted by atomic mass is 9.44. The highest BCUT2D eigenvalue weighted by molar-refractivity contribution is 5.90. The maximum absolute atomic E-state index is 15.9. The Morgan fingerprint density at radius 3 is 2.58 bits per heavy atom. The fourth-order valence-corrected chi connectivity index (χ4v) is 7.32. The first-order valence-corrected chi connectivity index (χ1v) is 10.2. The Kier molecular flexibility index (Phi) is 4.08. The van der Waals surface area contributed by atoms with Crippen molar-refractivity contribution < 1.29 is 23.8 Å². The van der Waals surface area contributed by atoms with E-state index in [2.05, 4.69) is 6.92 Å². The molecule has 0 aromatic carbocycles. The second-order valence-corrected chi connectivity index (χ2v) is 9.84. The highest BCUT2D eigenvalue weighted by Crippen LogP contribution is 2.67. The average Bonchev–Trinajstić information content (AvgIpc) is 2.87. The Bertz CT molecular complexity index is 636. The number of Topliss-reactive ketones (excluding diaryl/α,β-unsaturated/α-hetero) is 1. The number of carbonyl (C=O) groups is 2. The van der Waals surface area contributed by atoms with Gasteiger partial charge in [-0.3, -0.25) is 9.59 Å². The first-order valence-electron chi connectivity index (χ1n) is 10.2. The highest BCUT2D eigenvalue weighted by atomic mass is 19.1. The highest BCUT2D eigenvalue weighted by Gasteiger charge is 2.68. The van der Waals surface area contributed by atoms with Crippen LogP contribution in [0.1, 0.15) is 72.1 Å². The minimum absolute atomic E-state index is 0.0381. The maximum atomic E-state index is 15.9. The molecule has 0 bridgehead atoms. The van der Waals surface area contributed by atoms with Gasteiger partial charge in [-0.1, -0.05) is 13.8 Å². The normalized spacial score (nSPS) is 53.4. The zero-order valence-corrected chi connectivity index (χ0v) is 16.1. The molecule has 4 fully saturated rings. The van der Waals surface area contributed by atoms with Crippen LogP contribution in [0.15, 0.2) is 0 Å². The van der Waals surface area contributed by atoms with Crippen molar-refractivity contribution in [2.45, 2.75) is 90.0 Å². The summed E-state index contributed by atoms with van der Waals surface area (Å²) in [4.78, 5) is 24.5. The number of hydrogen-bond acceptors (Lipinski definition) is 4. The van der Waals surface area contributed by atoms with Gasteiger partial charge in [0, 0.05) is 30.6 Å². The molecule has 0 saturated heterocycles. The molecule has 4 rings (SSSR count). The first-order chi connectivity index (χ1) is 12.1. The summed E-state index contributed by atoms with van der Waals surface area (Å²) in [5.41, 5.74) is -2.66. The number of ether oxygens (including phenoxy) is 1. The van der Waals surface area contributed by atoms with E-state index >= 15 is 4.39 Å². The van der Waals surface area contributed by atoms with Gasteiger partial charge in [-0.2, -0.15) is 0 Å². The fourth-order valence-electron chi connectivity index (χ4n) is 7.32. The van der Waals surface area contributed by atoms with Crippen molar-refractivity contribution in [2.75, 3.05) is 0 Å². The molecule has 0 aromatic rings. The third kappa shape index (κ3) is 2.28. The van der Waals surface area contributed by atoms with Crippen LogP contribution >= 0.6 is 0 Å². The topological polar surface area (TPSA) is 63.6 Å². The molecule has 0 radical (unpaired) electrons. The zero-order valence-electron chi connectivity index (χ0n) is 16.1. The number of halogens is 1. The number of ketones is 1. The van der Waals surface area contributed by atoms with Crippen LogP contribution in [0, 0.1) is 28.6 Å². The van der Waals surface area contributed by atoms with E-state index < -0.39 is 17.2 Å². The van der Waals surface area contributed by atoms with Crippen molar-refractivity contribution in [3.05, 3.63) is 0 Å². The van der Waals surface area contributed by atoms with Gasteiger partial charge in [-0.25, -0.2) is 4.39 Å². The average molecular weight is 366 g/mol. The van der Waals surface area contributed by atoms with Crippen molar-refractivity contribution in [3.8, 4) is 0 Å². The number of aliphatic hydroxyl groups excluding tert-OH is 1. The van der Waals surface area contributed by atoms with Gasteiger partial charge < -0.3 is 9.84 Å². The largest absolute Gasteiger partial charge is 0.462 e. The molecule has 4 nitrogen and oxygen atoms in total. The van der Waals surface area contributed by atoms with Crippen molar-refractivity contribution in [1.82, 2.24) is 0 Å². The van der Waals surface area contributed by atoms with Crippen molar-refractivity contribution >= 4 is 11.8 Å². The molecule has 1 N–H and O–H groups in total. The van der Waals surface area contributed by atoms with Crippen LogP contribution in [-0.4, -0.2) is 34.7 Å². The van der Waals surface area contributed by atoms with E-state index in [1.807, 2.05) is 6.92 Å². The van der Waals surface area contributed by atoms with E-state index in [1.54, 1.807) is 0 Å². The molecule has 0 spiro atoms. The standard InChI is InChI=1S/C21H31FO4/c1-12(23)26-18-5-4-15-14-10-17(25)21(22)11-13(24)6-9-20(21,3)16(14)7-8-19(15,18)2/h13-16,18,24H,4-11H2,1-3H3/t13-,14?,15?,16?,18+,19+,20-,21+/m1/s1. The van der Waals surface area contributed by atoms with Crippen molar-refractivity contribution in [2.24, 2.45) is 28.6 Å². The molecule has 0 aliphatic heterocycles. The van der Waals surface area contributed by atoms with E-state index in [0.29, 0.717) is 18.8 Å². The Labute approximate surface area is 154 Å². The maximum Gasteiger partial charge on any atom is 0.302 e. The minimum Gasteiger partial charge on any atom is -0.462 e. The third-order valence-corrected chi connectivity index (χ3v) is 8.76. The lowest BCUT2D eigenvalue weighted by Gasteiger charge is -2.61. The van der Waals surface area contributed by atoms with Crippen molar-refractivity contribution in [1.29, 1.82) is 0 Å². The zero-order chi connectivity index (χ0) is 18.9. The van der Waals surface area contributed by atoms with Gasteiger partial charge in [0.1, 0.15) is 6.10 Å². The van der Waals surface area contributed by atoms with Crippen LogP contribution < -0.4 is 0 Å². The van der Waals surface area contributed by atoms with Crippen molar-refractivity contribution in [3.63, 3.8) is 0 Å². The van der Waals surface area contributed by atoms with Gasteiger partial charge in [-0.05, 0) is 56.3 Å². The second-order valence-electron chi connectivity index (χ2n) is 9.84. The summed E-state index contributed by atoms with van der Waals surface area (Å²) in [6, 6.07) is 0. The number of hydrogen-bond donors (Lipinski definition) is 1.